The lowest BCUT2D eigenvalue weighted by molar-refractivity contribution is -0.293. The first kappa shape index (κ1) is 13.4. The zero-order valence-electron chi connectivity index (χ0n) is 8.21. The van der Waals surface area contributed by atoms with E-state index in [1.54, 1.807) is 0 Å². The molecule has 4 nitrogen and oxygen atoms in total. The van der Waals surface area contributed by atoms with Crippen LogP contribution in [0.15, 0.2) is 30.3 Å². The Morgan fingerprint density at radius 1 is 1.33 bits per heavy atom. The number of hydrogen-bond acceptors (Lipinski definition) is 4. The number of rotatable bonds is 2. The minimum Gasteiger partial charge on any atom is -0.544 e. The Morgan fingerprint density at radius 2 is 1.87 bits per heavy atom. The predicted octanol–water partition coefficient (Wildman–Crippen LogP) is -0.333. The van der Waals surface area contributed by atoms with Crippen molar-refractivity contribution < 1.29 is 18.3 Å². The summed E-state index contributed by atoms with van der Waals surface area (Å²) in [6.07, 6.45) is 1.14. The summed E-state index contributed by atoms with van der Waals surface area (Å²) in [5.74, 6) is -1.70. The van der Waals surface area contributed by atoms with Crippen LogP contribution < -0.4 is 5.11 Å². The zero-order valence-corrected chi connectivity index (χ0v) is 9.03. The summed E-state index contributed by atoms with van der Waals surface area (Å²) in [6.45, 7) is 2.16. The molecule has 0 saturated heterocycles. The van der Waals surface area contributed by atoms with E-state index in [1.165, 1.54) is 5.56 Å². The molecule has 0 spiro atoms. The van der Waals surface area contributed by atoms with E-state index in [1.807, 2.05) is 6.07 Å². The molecule has 1 aromatic rings. The quantitative estimate of drug-likeness (QED) is 0.648. The molecule has 1 aromatic carbocycles. The standard InChI is InChI=1S/C8H10.C2H2O4S/c1-2-8-6-4-3-5-7-8;3-2(4)1-7(5)6/h3-7H,2H2,1H3;1H,(H,3,4)/p-1. The summed E-state index contributed by atoms with van der Waals surface area (Å²) in [4.78, 5) is 9.25. The summed E-state index contributed by atoms with van der Waals surface area (Å²) in [5, 5.41) is 9.31. The monoisotopic (exact) mass is 227 g/mol. The van der Waals surface area contributed by atoms with E-state index in [9.17, 15) is 18.3 Å². The molecular formula is C10H11O4S-. The van der Waals surface area contributed by atoms with E-state index < -0.39 is 16.3 Å². The van der Waals surface area contributed by atoms with Crippen molar-refractivity contribution in [2.45, 2.75) is 13.3 Å². The van der Waals surface area contributed by atoms with E-state index in [2.05, 4.69) is 31.2 Å². The normalized spacial score (nSPS) is 8.33. The van der Waals surface area contributed by atoms with Crippen LogP contribution in [0, 0.1) is 0 Å². The van der Waals surface area contributed by atoms with Gasteiger partial charge in [0.2, 0.25) is 10.3 Å². The molecule has 0 aliphatic rings. The fourth-order valence-corrected chi connectivity index (χ4v) is 0.949. The van der Waals surface area contributed by atoms with Crippen molar-refractivity contribution in [3.63, 3.8) is 0 Å². The number of aliphatic carboxylic acids is 1. The third kappa shape index (κ3) is 8.70. The Balaban J connectivity index is 0.000000265. The van der Waals surface area contributed by atoms with Gasteiger partial charge in [0.1, 0.15) is 0 Å². The first-order valence-corrected chi connectivity index (χ1v) is 5.38. The molecule has 0 aliphatic carbocycles. The Bertz CT molecular complexity index is 412. The van der Waals surface area contributed by atoms with Gasteiger partial charge in [-0.1, -0.05) is 37.3 Å². The van der Waals surface area contributed by atoms with Crippen LogP contribution >= 0.6 is 0 Å². The van der Waals surface area contributed by atoms with Crippen molar-refractivity contribution in [2.24, 2.45) is 0 Å². The average Bonchev–Trinajstić information content (AvgIpc) is 2.18. The van der Waals surface area contributed by atoms with Crippen LogP contribution in [0.25, 0.3) is 0 Å². The van der Waals surface area contributed by atoms with E-state index >= 15 is 0 Å². The maximum absolute atomic E-state index is 9.33. The molecule has 0 heterocycles. The van der Waals surface area contributed by atoms with Crippen molar-refractivity contribution in [1.82, 2.24) is 0 Å². The third-order valence-corrected chi connectivity index (χ3v) is 1.83. The summed E-state index contributed by atoms with van der Waals surface area (Å²) in [6, 6.07) is 10.5. The van der Waals surface area contributed by atoms with Crippen LogP contribution in [0.3, 0.4) is 0 Å². The lowest BCUT2D eigenvalue weighted by Crippen LogP contribution is -2.23. The van der Waals surface area contributed by atoms with Crippen LogP contribution in [0.4, 0.5) is 0 Å². The van der Waals surface area contributed by atoms with E-state index in [4.69, 9.17) is 0 Å². The van der Waals surface area contributed by atoms with Gasteiger partial charge in [-0.25, -0.2) is 0 Å². The highest BCUT2D eigenvalue weighted by Gasteiger charge is 1.79. The summed E-state index contributed by atoms with van der Waals surface area (Å²) < 4.78 is 18.7. The van der Waals surface area contributed by atoms with Crippen LogP contribution in [-0.2, 0) is 21.5 Å². The van der Waals surface area contributed by atoms with Crippen molar-refractivity contribution in [3.05, 3.63) is 35.9 Å². The Kier molecular flexibility index (Phi) is 6.92. The van der Waals surface area contributed by atoms with Gasteiger partial charge >= 0.3 is 0 Å². The number of benzene rings is 1. The van der Waals surface area contributed by atoms with Gasteiger partial charge in [-0.05, 0) is 12.0 Å². The molecule has 0 bridgehead atoms. The minimum absolute atomic E-state index is 0.0556. The van der Waals surface area contributed by atoms with Crippen molar-refractivity contribution in [3.8, 4) is 0 Å². The summed E-state index contributed by atoms with van der Waals surface area (Å²) in [7, 11) is -2.63. The second-order valence-corrected chi connectivity index (χ2v) is 3.29. The molecule has 0 N–H and O–H groups in total. The lowest BCUT2D eigenvalue weighted by Gasteiger charge is -1.89. The number of carbonyl (C=O) groups excluding carboxylic acids is 1. The Hall–Kier alpha value is -1.62. The second kappa shape index (κ2) is 7.75. The molecule has 0 saturated carbocycles. The maximum atomic E-state index is 9.33. The molecule has 0 aliphatic heterocycles. The van der Waals surface area contributed by atoms with Gasteiger partial charge < -0.3 is 9.90 Å². The lowest BCUT2D eigenvalue weighted by atomic mass is 10.2. The van der Waals surface area contributed by atoms with Gasteiger partial charge in [0, 0.05) is 0 Å². The highest BCUT2D eigenvalue weighted by Crippen LogP contribution is 1.96. The molecule has 0 fully saturated rings. The molecule has 0 aromatic heterocycles. The second-order valence-electron chi connectivity index (χ2n) is 2.54. The molecule has 5 heteroatoms. The molecular weight excluding hydrogens is 216 g/mol. The molecule has 0 amide bonds. The highest BCUT2D eigenvalue weighted by molar-refractivity contribution is 7.72. The third-order valence-electron chi connectivity index (χ3n) is 1.44. The van der Waals surface area contributed by atoms with E-state index in [0.717, 1.165) is 6.42 Å². The molecule has 0 unspecified atom stereocenters. The molecule has 0 atom stereocenters. The molecule has 0 radical (unpaired) electrons. The molecule has 1 rings (SSSR count). The largest absolute Gasteiger partial charge is 0.544 e. The van der Waals surface area contributed by atoms with Gasteiger partial charge in [0.25, 0.3) is 0 Å². The van der Waals surface area contributed by atoms with Gasteiger partial charge in [-0.3, -0.25) is 0 Å². The van der Waals surface area contributed by atoms with Gasteiger partial charge in [0.05, 0.1) is 11.3 Å². The zero-order chi connectivity index (χ0) is 11.7. The van der Waals surface area contributed by atoms with Crippen LogP contribution in [0.2, 0.25) is 0 Å². The number of carbonyl (C=O) groups is 1. The number of carboxylic acid groups (broad SMARTS) is 1. The minimum atomic E-state index is -2.63. The fraction of sp³-hybridized carbons (Fsp3) is 0.200. The summed E-state index contributed by atoms with van der Waals surface area (Å²) in [5.41, 5.74) is 1.41. The van der Waals surface area contributed by atoms with Crippen molar-refractivity contribution >= 4 is 21.6 Å². The first-order valence-electron chi connectivity index (χ1n) is 4.24. The van der Waals surface area contributed by atoms with Gasteiger partial charge in [0.15, 0.2) is 0 Å². The number of hydrogen-bond donors (Lipinski definition) is 0. The highest BCUT2D eigenvalue weighted by atomic mass is 32.2. The van der Waals surface area contributed by atoms with Crippen LogP contribution in [0.1, 0.15) is 12.5 Å². The van der Waals surface area contributed by atoms with Gasteiger partial charge in [-0.2, -0.15) is 8.42 Å². The summed E-state index contributed by atoms with van der Waals surface area (Å²) >= 11 is 0. The topological polar surface area (TPSA) is 74.3 Å². The van der Waals surface area contributed by atoms with Crippen molar-refractivity contribution in [2.75, 3.05) is 0 Å². The Labute approximate surface area is 89.7 Å². The SMILES string of the molecule is CCc1ccccc1.O=C([O-])C=S(=O)=O. The smallest absolute Gasteiger partial charge is 0.215 e. The number of carboxylic acids is 1. The fourth-order valence-electron chi connectivity index (χ4n) is 0.792. The van der Waals surface area contributed by atoms with E-state index in [0.29, 0.717) is 0 Å². The van der Waals surface area contributed by atoms with E-state index in [-0.39, 0.29) is 5.37 Å². The number of aryl methyl sites for hydroxylation is 1. The Morgan fingerprint density at radius 3 is 2.07 bits per heavy atom. The van der Waals surface area contributed by atoms with Crippen LogP contribution in [0.5, 0.6) is 0 Å². The molecule has 15 heavy (non-hydrogen) atoms. The van der Waals surface area contributed by atoms with Crippen molar-refractivity contribution in [1.29, 1.82) is 0 Å². The molecule has 82 valence electrons. The predicted molar refractivity (Wildman–Crippen MR) is 55.8 cm³/mol. The van der Waals surface area contributed by atoms with Crippen LogP contribution in [-0.4, -0.2) is 19.8 Å². The maximum Gasteiger partial charge on any atom is 0.215 e. The average molecular weight is 227 g/mol. The first-order chi connectivity index (χ1) is 7.06. The van der Waals surface area contributed by atoms with Gasteiger partial charge in [-0.15, -0.1) is 0 Å².